The van der Waals surface area contributed by atoms with Gasteiger partial charge in [0.25, 0.3) is 0 Å². The number of hydrogen-bond donors (Lipinski definition) is 1. The van der Waals surface area contributed by atoms with Crippen molar-refractivity contribution in [3.05, 3.63) is 0 Å². The lowest BCUT2D eigenvalue weighted by Crippen LogP contribution is -2.47. The van der Waals surface area contributed by atoms with Crippen molar-refractivity contribution >= 4 is 5.91 Å². The monoisotopic (exact) mass is 240 g/mol. The molecule has 0 saturated heterocycles. The van der Waals surface area contributed by atoms with E-state index in [1.165, 1.54) is 19.3 Å². The van der Waals surface area contributed by atoms with Gasteiger partial charge in [0, 0.05) is 25.0 Å². The van der Waals surface area contributed by atoms with Gasteiger partial charge in [0.15, 0.2) is 0 Å². The molecule has 1 unspecified atom stereocenters. The van der Waals surface area contributed by atoms with E-state index in [-0.39, 0.29) is 5.92 Å². The maximum absolute atomic E-state index is 12.4. The molecule has 1 fully saturated rings. The molecule has 1 aliphatic carbocycles. The summed E-state index contributed by atoms with van der Waals surface area (Å²) in [4.78, 5) is 14.5. The maximum Gasteiger partial charge on any atom is 0.225 e. The Morgan fingerprint density at radius 2 is 1.82 bits per heavy atom. The Labute approximate surface area is 106 Å². The zero-order valence-electron chi connectivity index (χ0n) is 11.6. The van der Waals surface area contributed by atoms with Crippen LogP contribution in [0.25, 0.3) is 0 Å². The highest BCUT2D eigenvalue weighted by molar-refractivity contribution is 5.79. The zero-order valence-corrected chi connectivity index (χ0v) is 11.6. The molecule has 1 saturated carbocycles. The molecule has 100 valence electrons. The number of nitrogens with two attached hydrogens (primary N) is 1. The molecule has 1 amide bonds. The van der Waals surface area contributed by atoms with Crippen molar-refractivity contribution in [3.8, 4) is 0 Å². The lowest BCUT2D eigenvalue weighted by Gasteiger charge is -2.36. The van der Waals surface area contributed by atoms with Gasteiger partial charge < -0.3 is 10.6 Å². The maximum atomic E-state index is 12.4. The summed E-state index contributed by atoms with van der Waals surface area (Å²) in [5.41, 5.74) is 5.66. The second-order valence-corrected chi connectivity index (χ2v) is 5.64. The molecule has 0 aromatic heterocycles. The van der Waals surface area contributed by atoms with Crippen molar-refractivity contribution in [1.29, 1.82) is 0 Å². The first kappa shape index (κ1) is 14.5. The molecule has 17 heavy (non-hydrogen) atoms. The Kier molecular flexibility index (Phi) is 5.96. The molecule has 0 aromatic carbocycles. The number of amides is 1. The fourth-order valence-corrected chi connectivity index (χ4v) is 2.55. The van der Waals surface area contributed by atoms with Crippen LogP contribution in [0.5, 0.6) is 0 Å². The third kappa shape index (κ3) is 3.98. The number of hydrogen-bond acceptors (Lipinski definition) is 2. The second-order valence-electron chi connectivity index (χ2n) is 5.64. The molecule has 3 heteroatoms. The molecule has 1 atom stereocenters. The lowest BCUT2D eigenvalue weighted by atomic mass is 9.91. The van der Waals surface area contributed by atoms with Gasteiger partial charge in [-0.2, -0.15) is 0 Å². The third-order valence-corrected chi connectivity index (χ3v) is 4.06. The Hall–Kier alpha value is -0.570. The fraction of sp³-hybridized carbons (Fsp3) is 0.929. The van der Waals surface area contributed by atoms with Crippen LogP contribution in [-0.2, 0) is 4.79 Å². The predicted octanol–water partition coefficient (Wildman–Crippen LogP) is 2.40. The van der Waals surface area contributed by atoms with Gasteiger partial charge in [-0.3, -0.25) is 4.79 Å². The summed E-state index contributed by atoms with van der Waals surface area (Å²) in [6.45, 7) is 7.57. The number of carbonyl (C=O) groups excluding carboxylic acids is 1. The highest BCUT2D eigenvalue weighted by Crippen LogP contribution is 2.25. The van der Waals surface area contributed by atoms with Crippen LogP contribution in [0.1, 0.15) is 52.9 Å². The SMILES string of the molecule is CC(C)C(C)C(=O)N(CCN)C1CCCCC1. The predicted molar refractivity (Wildman–Crippen MR) is 71.6 cm³/mol. The van der Waals surface area contributed by atoms with E-state index < -0.39 is 0 Å². The van der Waals surface area contributed by atoms with Crippen LogP contribution in [0.2, 0.25) is 0 Å². The van der Waals surface area contributed by atoms with Gasteiger partial charge in [0.2, 0.25) is 5.91 Å². The average Bonchev–Trinajstić information content (AvgIpc) is 2.35. The van der Waals surface area contributed by atoms with Gasteiger partial charge in [-0.05, 0) is 18.8 Å². The first-order valence-corrected chi connectivity index (χ1v) is 7.08. The van der Waals surface area contributed by atoms with E-state index in [1.54, 1.807) is 0 Å². The van der Waals surface area contributed by atoms with E-state index in [1.807, 2.05) is 6.92 Å². The summed E-state index contributed by atoms with van der Waals surface area (Å²) in [6, 6.07) is 0.445. The van der Waals surface area contributed by atoms with E-state index >= 15 is 0 Å². The third-order valence-electron chi connectivity index (χ3n) is 4.06. The van der Waals surface area contributed by atoms with Crippen LogP contribution in [0.15, 0.2) is 0 Å². The molecule has 0 spiro atoms. The van der Waals surface area contributed by atoms with Crippen molar-refractivity contribution in [2.75, 3.05) is 13.1 Å². The number of nitrogens with zero attached hydrogens (tertiary/aromatic N) is 1. The van der Waals surface area contributed by atoms with Crippen molar-refractivity contribution in [3.63, 3.8) is 0 Å². The van der Waals surface area contributed by atoms with Crippen LogP contribution < -0.4 is 5.73 Å². The lowest BCUT2D eigenvalue weighted by molar-refractivity contribution is -0.139. The highest BCUT2D eigenvalue weighted by Gasteiger charge is 2.28. The number of rotatable bonds is 5. The van der Waals surface area contributed by atoms with Crippen molar-refractivity contribution in [2.24, 2.45) is 17.6 Å². The first-order valence-electron chi connectivity index (χ1n) is 7.08. The Balaban J connectivity index is 2.66. The largest absolute Gasteiger partial charge is 0.338 e. The van der Waals surface area contributed by atoms with Crippen LogP contribution in [-0.4, -0.2) is 29.9 Å². The van der Waals surface area contributed by atoms with Crippen LogP contribution in [0, 0.1) is 11.8 Å². The van der Waals surface area contributed by atoms with Crippen molar-refractivity contribution < 1.29 is 4.79 Å². The van der Waals surface area contributed by atoms with Gasteiger partial charge in [-0.25, -0.2) is 0 Å². The molecule has 1 aliphatic rings. The van der Waals surface area contributed by atoms with Gasteiger partial charge in [0.05, 0.1) is 0 Å². The number of carbonyl (C=O) groups is 1. The van der Waals surface area contributed by atoms with Crippen molar-refractivity contribution in [2.45, 2.75) is 58.9 Å². The Bertz CT molecular complexity index is 234. The summed E-state index contributed by atoms with van der Waals surface area (Å²) in [6.07, 6.45) is 6.16. The van der Waals surface area contributed by atoms with Crippen LogP contribution in [0.4, 0.5) is 0 Å². The fourth-order valence-electron chi connectivity index (χ4n) is 2.55. The van der Waals surface area contributed by atoms with Crippen LogP contribution >= 0.6 is 0 Å². The topological polar surface area (TPSA) is 46.3 Å². The standard InChI is InChI=1S/C14H28N2O/c1-11(2)12(3)14(17)16(10-9-15)13-7-5-4-6-8-13/h11-13H,4-10,15H2,1-3H3. The quantitative estimate of drug-likeness (QED) is 0.802. The summed E-state index contributed by atoms with van der Waals surface area (Å²) >= 11 is 0. The van der Waals surface area contributed by atoms with E-state index in [9.17, 15) is 4.79 Å². The van der Waals surface area contributed by atoms with E-state index in [0.717, 1.165) is 19.4 Å². The zero-order chi connectivity index (χ0) is 12.8. The molecule has 0 heterocycles. The van der Waals surface area contributed by atoms with E-state index in [0.29, 0.717) is 24.4 Å². The summed E-state index contributed by atoms with van der Waals surface area (Å²) < 4.78 is 0. The minimum atomic E-state index is 0.114. The first-order chi connectivity index (χ1) is 8.07. The normalized spacial score (nSPS) is 19.4. The van der Waals surface area contributed by atoms with E-state index in [2.05, 4.69) is 18.7 Å². The minimum absolute atomic E-state index is 0.114. The smallest absolute Gasteiger partial charge is 0.225 e. The summed E-state index contributed by atoms with van der Waals surface area (Å²) in [7, 11) is 0. The van der Waals surface area contributed by atoms with Crippen LogP contribution in [0.3, 0.4) is 0 Å². The van der Waals surface area contributed by atoms with Gasteiger partial charge in [-0.15, -0.1) is 0 Å². The molecule has 0 aliphatic heterocycles. The summed E-state index contributed by atoms with van der Waals surface area (Å²) in [5, 5.41) is 0. The summed E-state index contributed by atoms with van der Waals surface area (Å²) in [5.74, 6) is 0.826. The van der Waals surface area contributed by atoms with Crippen molar-refractivity contribution in [1.82, 2.24) is 4.90 Å². The minimum Gasteiger partial charge on any atom is -0.338 e. The molecule has 0 bridgehead atoms. The van der Waals surface area contributed by atoms with Gasteiger partial charge in [0.1, 0.15) is 0 Å². The van der Waals surface area contributed by atoms with Gasteiger partial charge in [-0.1, -0.05) is 40.0 Å². The molecular formula is C14H28N2O. The molecule has 0 aromatic rings. The molecule has 1 rings (SSSR count). The second kappa shape index (κ2) is 7.00. The molecule has 3 nitrogen and oxygen atoms in total. The Morgan fingerprint density at radius 1 is 1.24 bits per heavy atom. The van der Waals surface area contributed by atoms with Gasteiger partial charge >= 0.3 is 0 Å². The Morgan fingerprint density at radius 3 is 2.29 bits per heavy atom. The highest BCUT2D eigenvalue weighted by atomic mass is 16.2. The average molecular weight is 240 g/mol. The molecular weight excluding hydrogens is 212 g/mol. The molecule has 2 N–H and O–H groups in total. The van der Waals surface area contributed by atoms with E-state index in [4.69, 9.17) is 5.73 Å². The molecule has 0 radical (unpaired) electrons.